The molecule has 4 rings (SSSR count). The Kier molecular flexibility index (Phi) is 4.08. The van der Waals surface area contributed by atoms with Gasteiger partial charge in [-0.2, -0.15) is 0 Å². The first kappa shape index (κ1) is 16.8. The van der Waals surface area contributed by atoms with Crippen molar-refractivity contribution in [1.82, 2.24) is 0 Å². The third-order valence-electron chi connectivity index (χ3n) is 4.66. The van der Waals surface area contributed by atoms with Crippen molar-refractivity contribution in [2.75, 3.05) is 10.2 Å². The van der Waals surface area contributed by atoms with Gasteiger partial charge in [-0.25, -0.2) is 0 Å². The van der Waals surface area contributed by atoms with Crippen molar-refractivity contribution in [2.45, 2.75) is 13.1 Å². The van der Waals surface area contributed by atoms with Crippen LogP contribution in [0.2, 0.25) is 0 Å². The molecule has 0 saturated heterocycles. The van der Waals surface area contributed by atoms with Gasteiger partial charge in [0.15, 0.2) is 0 Å². The van der Waals surface area contributed by atoms with Crippen molar-refractivity contribution in [3.63, 3.8) is 0 Å². The molecule has 27 heavy (non-hydrogen) atoms. The lowest BCUT2D eigenvalue weighted by Crippen LogP contribution is -2.43. The Labute approximate surface area is 156 Å². The summed E-state index contributed by atoms with van der Waals surface area (Å²) in [5.74, 6) is -0.114. The number of rotatable bonds is 3. The predicted octanol–water partition coefficient (Wildman–Crippen LogP) is 4.67. The van der Waals surface area contributed by atoms with Crippen molar-refractivity contribution in [1.29, 1.82) is 0 Å². The van der Waals surface area contributed by atoms with Gasteiger partial charge in [0.05, 0.1) is 10.5 Å². The van der Waals surface area contributed by atoms with Crippen LogP contribution in [0, 0.1) is 17.0 Å². The Balaban J connectivity index is 1.82. The van der Waals surface area contributed by atoms with Gasteiger partial charge < -0.3 is 5.32 Å². The SMILES string of the molecule is Cc1ccc(N2C(=O)c3ccccc3N[C@H]2c2ccc([N+](=O)[O-])cc2)cc1. The number of non-ortho nitro benzene ring substituents is 1. The van der Waals surface area contributed by atoms with E-state index in [4.69, 9.17) is 0 Å². The number of nitro benzene ring substituents is 1. The van der Waals surface area contributed by atoms with E-state index in [9.17, 15) is 14.9 Å². The molecule has 1 aliphatic heterocycles. The van der Waals surface area contributed by atoms with Crippen LogP contribution >= 0.6 is 0 Å². The van der Waals surface area contributed by atoms with Gasteiger partial charge in [-0.05, 0) is 48.9 Å². The minimum atomic E-state index is -0.462. The summed E-state index contributed by atoms with van der Waals surface area (Å²) in [7, 11) is 0. The summed E-state index contributed by atoms with van der Waals surface area (Å²) in [6.07, 6.45) is -0.462. The molecule has 0 fully saturated rings. The lowest BCUT2D eigenvalue weighted by Gasteiger charge is -2.38. The number of nitro groups is 1. The average molecular weight is 359 g/mol. The molecule has 0 bridgehead atoms. The van der Waals surface area contributed by atoms with Gasteiger partial charge in [-0.15, -0.1) is 0 Å². The van der Waals surface area contributed by atoms with E-state index in [0.29, 0.717) is 5.56 Å². The third-order valence-corrected chi connectivity index (χ3v) is 4.66. The molecule has 1 amide bonds. The first-order valence-corrected chi connectivity index (χ1v) is 8.55. The number of para-hydroxylation sites is 1. The third kappa shape index (κ3) is 3.01. The number of nitrogens with zero attached hydrogens (tertiary/aromatic N) is 2. The molecule has 0 aromatic heterocycles. The van der Waals surface area contributed by atoms with Crippen LogP contribution in [0.1, 0.15) is 27.7 Å². The lowest BCUT2D eigenvalue weighted by molar-refractivity contribution is -0.384. The molecule has 6 heteroatoms. The zero-order valence-electron chi connectivity index (χ0n) is 14.6. The van der Waals surface area contributed by atoms with Crippen LogP contribution in [0.5, 0.6) is 0 Å². The summed E-state index contributed by atoms with van der Waals surface area (Å²) in [5, 5.41) is 14.3. The summed E-state index contributed by atoms with van der Waals surface area (Å²) in [6, 6.07) is 21.3. The fraction of sp³-hybridized carbons (Fsp3) is 0.0952. The van der Waals surface area contributed by atoms with Gasteiger partial charge in [0.2, 0.25) is 0 Å². The first-order chi connectivity index (χ1) is 13.0. The Morgan fingerprint density at radius 3 is 2.30 bits per heavy atom. The zero-order valence-corrected chi connectivity index (χ0v) is 14.6. The van der Waals surface area contributed by atoms with Crippen LogP contribution in [-0.4, -0.2) is 10.8 Å². The van der Waals surface area contributed by atoms with Gasteiger partial charge in [0.25, 0.3) is 11.6 Å². The number of anilines is 2. The highest BCUT2D eigenvalue weighted by Crippen LogP contribution is 2.37. The first-order valence-electron chi connectivity index (χ1n) is 8.55. The van der Waals surface area contributed by atoms with Gasteiger partial charge >= 0.3 is 0 Å². The molecule has 134 valence electrons. The second-order valence-electron chi connectivity index (χ2n) is 6.45. The smallest absolute Gasteiger partial charge is 0.269 e. The van der Waals surface area contributed by atoms with Crippen molar-refractivity contribution in [3.8, 4) is 0 Å². The van der Waals surface area contributed by atoms with Gasteiger partial charge in [0.1, 0.15) is 6.17 Å². The molecular formula is C21H17N3O3. The average Bonchev–Trinajstić information content (AvgIpc) is 2.69. The normalized spacial score (nSPS) is 15.8. The summed E-state index contributed by atoms with van der Waals surface area (Å²) >= 11 is 0. The van der Waals surface area contributed by atoms with Gasteiger partial charge in [-0.3, -0.25) is 19.8 Å². The monoisotopic (exact) mass is 359 g/mol. The molecule has 3 aromatic carbocycles. The number of benzene rings is 3. The van der Waals surface area contributed by atoms with Crippen LogP contribution in [0.15, 0.2) is 72.8 Å². The van der Waals surface area contributed by atoms with E-state index in [1.807, 2.05) is 49.4 Å². The largest absolute Gasteiger partial charge is 0.360 e. The highest BCUT2D eigenvalue weighted by Gasteiger charge is 2.34. The van der Waals surface area contributed by atoms with E-state index < -0.39 is 11.1 Å². The minimum Gasteiger partial charge on any atom is -0.360 e. The molecule has 1 N–H and O–H groups in total. The second kappa shape index (κ2) is 6.57. The fourth-order valence-corrected chi connectivity index (χ4v) is 3.24. The summed E-state index contributed by atoms with van der Waals surface area (Å²) < 4.78 is 0. The molecule has 6 nitrogen and oxygen atoms in total. The number of carbonyl (C=O) groups is 1. The van der Waals surface area contributed by atoms with E-state index >= 15 is 0 Å². The summed E-state index contributed by atoms with van der Waals surface area (Å²) in [4.78, 5) is 25.4. The quantitative estimate of drug-likeness (QED) is 0.544. The minimum absolute atomic E-state index is 0.0168. The van der Waals surface area contributed by atoms with E-state index in [2.05, 4.69) is 5.32 Å². The molecule has 1 aliphatic rings. The second-order valence-corrected chi connectivity index (χ2v) is 6.45. The maximum atomic E-state index is 13.2. The van der Waals surface area contributed by atoms with Crippen molar-refractivity contribution in [3.05, 3.63) is 99.6 Å². The van der Waals surface area contributed by atoms with Crippen molar-refractivity contribution in [2.24, 2.45) is 0 Å². The Bertz CT molecular complexity index is 1010. The van der Waals surface area contributed by atoms with Crippen LogP contribution in [-0.2, 0) is 0 Å². The summed E-state index contributed by atoms with van der Waals surface area (Å²) in [5.41, 5.74) is 3.98. The maximum Gasteiger partial charge on any atom is 0.269 e. The molecule has 0 spiro atoms. The number of carbonyl (C=O) groups excluding carboxylic acids is 1. The molecule has 0 unspecified atom stereocenters. The number of hydrogen-bond donors (Lipinski definition) is 1. The lowest BCUT2D eigenvalue weighted by atomic mass is 10.0. The molecule has 3 aromatic rings. The number of nitrogens with one attached hydrogen (secondary N) is 1. The zero-order chi connectivity index (χ0) is 19.0. The van der Waals surface area contributed by atoms with Gasteiger partial charge in [0, 0.05) is 23.5 Å². The molecule has 0 aliphatic carbocycles. The standard InChI is InChI=1S/C21H17N3O3/c1-14-6-10-16(11-7-14)23-20(15-8-12-17(13-9-15)24(26)27)22-19-5-3-2-4-18(19)21(23)25/h2-13,20,22H,1H3/t20-/m1/s1. The van der Waals surface area contributed by atoms with Crippen LogP contribution in [0.3, 0.4) is 0 Å². The predicted molar refractivity (Wildman–Crippen MR) is 104 cm³/mol. The van der Waals surface area contributed by atoms with Crippen molar-refractivity contribution >= 4 is 23.0 Å². The molecule has 0 saturated carbocycles. The maximum absolute atomic E-state index is 13.2. The summed E-state index contributed by atoms with van der Waals surface area (Å²) in [6.45, 7) is 1.99. The van der Waals surface area contributed by atoms with Crippen molar-refractivity contribution < 1.29 is 9.72 Å². The van der Waals surface area contributed by atoms with E-state index in [-0.39, 0.29) is 11.6 Å². The van der Waals surface area contributed by atoms with Gasteiger partial charge in [-0.1, -0.05) is 29.8 Å². The number of aryl methyl sites for hydroxylation is 1. The highest BCUT2D eigenvalue weighted by atomic mass is 16.6. The molecule has 0 radical (unpaired) electrons. The number of amides is 1. The Morgan fingerprint density at radius 1 is 0.963 bits per heavy atom. The Morgan fingerprint density at radius 2 is 1.63 bits per heavy atom. The van der Waals surface area contributed by atoms with E-state index in [0.717, 1.165) is 22.5 Å². The van der Waals surface area contributed by atoms with E-state index in [1.165, 1.54) is 12.1 Å². The Hall–Kier alpha value is -3.67. The highest BCUT2D eigenvalue weighted by molar-refractivity contribution is 6.12. The van der Waals surface area contributed by atoms with Crippen LogP contribution in [0.25, 0.3) is 0 Å². The molecule has 1 heterocycles. The van der Waals surface area contributed by atoms with E-state index in [1.54, 1.807) is 23.1 Å². The molecular weight excluding hydrogens is 342 g/mol. The number of fused-ring (bicyclic) bond motifs is 1. The topological polar surface area (TPSA) is 75.5 Å². The van der Waals surface area contributed by atoms with Crippen LogP contribution in [0.4, 0.5) is 17.1 Å². The molecule has 1 atom stereocenters. The fourth-order valence-electron chi connectivity index (χ4n) is 3.24. The number of hydrogen-bond acceptors (Lipinski definition) is 4. The van der Waals surface area contributed by atoms with Crippen LogP contribution < -0.4 is 10.2 Å².